The number of para-hydroxylation sites is 2. The van der Waals surface area contributed by atoms with Gasteiger partial charge in [0.15, 0.2) is 0 Å². The molecule has 2 aromatic heterocycles. The smallest absolute Gasteiger partial charge is 0.253 e. The Kier molecular flexibility index (Phi) is 3.54. The van der Waals surface area contributed by atoms with Crippen LogP contribution >= 0.6 is 11.6 Å². The first-order chi connectivity index (χ1) is 12.7. The Bertz CT molecular complexity index is 1140. The van der Waals surface area contributed by atoms with E-state index in [9.17, 15) is 4.79 Å². The molecule has 2 heterocycles. The molecule has 0 aliphatic heterocycles. The number of aromatic nitrogens is 2. The van der Waals surface area contributed by atoms with Crippen molar-refractivity contribution < 1.29 is 4.79 Å². The summed E-state index contributed by atoms with van der Waals surface area (Å²) in [7, 11) is 0. The van der Waals surface area contributed by atoms with Crippen LogP contribution in [0.5, 0.6) is 0 Å². The van der Waals surface area contributed by atoms with E-state index in [4.69, 9.17) is 11.6 Å². The van der Waals surface area contributed by atoms with E-state index in [1.807, 2.05) is 36.4 Å². The molecule has 1 aliphatic rings. The van der Waals surface area contributed by atoms with E-state index in [0.29, 0.717) is 5.56 Å². The SMILES string of the molecule is O=C(NC1CCCc2c1[nH]c1c(Cl)cccc21)c1c[nH]c2ccccc12. The molecule has 3 N–H and O–H groups in total. The normalized spacial score (nSPS) is 16.7. The molecule has 2 aromatic carbocycles. The van der Waals surface area contributed by atoms with Gasteiger partial charge in [0.1, 0.15) is 0 Å². The van der Waals surface area contributed by atoms with E-state index in [-0.39, 0.29) is 11.9 Å². The lowest BCUT2D eigenvalue weighted by Gasteiger charge is -2.23. The van der Waals surface area contributed by atoms with Gasteiger partial charge in [-0.15, -0.1) is 0 Å². The zero-order chi connectivity index (χ0) is 17.7. The van der Waals surface area contributed by atoms with Gasteiger partial charge in [0.05, 0.1) is 22.1 Å². The summed E-state index contributed by atoms with van der Waals surface area (Å²) >= 11 is 6.35. The summed E-state index contributed by atoms with van der Waals surface area (Å²) in [5, 5.41) is 6.05. The minimum absolute atomic E-state index is 0.0246. The van der Waals surface area contributed by atoms with Gasteiger partial charge in [-0.05, 0) is 37.0 Å². The van der Waals surface area contributed by atoms with Crippen LogP contribution < -0.4 is 5.32 Å². The van der Waals surface area contributed by atoms with Gasteiger partial charge < -0.3 is 15.3 Å². The van der Waals surface area contributed by atoms with E-state index in [2.05, 4.69) is 21.4 Å². The van der Waals surface area contributed by atoms with Crippen LogP contribution in [0.3, 0.4) is 0 Å². The molecule has 1 amide bonds. The van der Waals surface area contributed by atoms with E-state index >= 15 is 0 Å². The van der Waals surface area contributed by atoms with Gasteiger partial charge in [0.2, 0.25) is 0 Å². The molecule has 0 spiro atoms. The predicted molar refractivity (Wildman–Crippen MR) is 105 cm³/mol. The molecule has 130 valence electrons. The maximum Gasteiger partial charge on any atom is 0.253 e. The number of halogens is 1. The summed E-state index contributed by atoms with van der Waals surface area (Å²) in [6.45, 7) is 0. The quantitative estimate of drug-likeness (QED) is 0.455. The largest absolute Gasteiger partial charge is 0.360 e. The Morgan fingerprint density at radius 3 is 2.88 bits per heavy atom. The molecular weight excluding hydrogens is 346 g/mol. The number of carbonyl (C=O) groups excluding carboxylic acids is 1. The molecule has 1 unspecified atom stereocenters. The van der Waals surface area contributed by atoms with Crippen LogP contribution in [0.25, 0.3) is 21.8 Å². The van der Waals surface area contributed by atoms with Crippen LogP contribution in [0.1, 0.15) is 40.5 Å². The lowest BCUT2D eigenvalue weighted by molar-refractivity contribution is 0.0933. The van der Waals surface area contributed by atoms with Gasteiger partial charge >= 0.3 is 0 Å². The molecule has 0 saturated carbocycles. The van der Waals surface area contributed by atoms with E-state index in [1.165, 1.54) is 10.9 Å². The molecule has 26 heavy (non-hydrogen) atoms. The maximum atomic E-state index is 12.9. The number of amides is 1. The van der Waals surface area contributed by atoms with Gasteiger partial charge in [-0.3, -0.25) is 4.79 Å². The maximum absolute atomic E-state index is 12.9. The topological polar surface area (TPSA) is 60.7 Å². The molecule has 0 saturated heterocycles. The monoisotopic (exact) mass is 363 g/mol. The summed E-state index contributed by atoms with van der Waals surface area (Å²) in [6, 6.07) is 13.8. The first-order valence-electron chi connectivity index (χ1n) is 8.88. The average molecular weight is 364 g/mol. The Balaban J connectivity index is 1.52. The Morgan fingerprint density at radius 2 is 1.96 bits per heavy atom. The van der Waals surface area contributed by atoms with Crippen molar-refractivity contribution in [3.63, 3.8) is 0 Å². The van der Waals surface area contributed by atoms with Crippen LogP contribution in [-0.4, -0.2) is 15.9 Å². The second-order valence-corrected chi connectivity index (χ2v) is 7.25. The zero-order valence-corrected chi connectivity index (χ0v) is 14.9. The first kappa shape index (κ1) is 15.5. The van der Waals surface area contributed by atoms with E-state index < -0.39 is 0 Å². The number of H-pyrrole nitrogens is 2. The van der Waals surface area contributed by atoms with Crippen molar-refractivity contribution in [1.29, 1.82) is 0 Å². The molecule has 5 heteroatoms. The third-order valence-electron chi connectivity index (χ3n) is 5.33. The molecular formula is C21H18ClN3O. The second-order valence-electron chi connectivity index (χ2n) is 6.85. The van der Waals surface area contributed by atoms with Crippen molar-refractivity contribution in [2.24, 2.45) is 0 Å². The molecule has 0 radical (unpaired) electrons. The third kappa shape index (κ3) is 2.33. The molecule has 4 aromatic rings. The van der Waals surface area contributed by atoms with Crippen molar-refractivity contribution in [2.45, 2.75) is 25.3 Å². The number of aromatic amines is 2. The number of benzene rings is 2. The van der Waals surface area contributed by atoms with Crippen LogP contribution in [0.15, 0.2) is 48.7 Å². The molecule has 0 bridgehead atoms. The molecule has 5 rings (SSSR count). The van der Waals surface area contributed by atoms with E-state index in [0.717, 1.165) is 46.4 Å². The van der Waals surface area contributed by atoms with E-state index in [1.54, 1.807) is 6.20 Å². The molecule has 4 nitrogen and oxygen atoms in total. The lowest BCUT2D eigenvalue weighted by atomic mass is 9.91. The fourth-order valence-corrected chi connectivity index (χ4v) is 4.31. The van der Waals surface area contributed by atoms with Crippen LogP contribution in [0, 0.1) is 0 Å². The number of nitrogens with one attached hydrogen (secondary N) is 3. The van der Waals surface area contributed by atoms with Crippen molar-refractivity contribution in [2.75, 3.05) is 0 Å². The van der Waals surface area contributed by atoms with Gasteiger partial charge in [-0.25, -0.2) is 0 Å². The fourth-order valence-electron chi connectivity index (χ4n) is 4.09. The molecule has 0 fully saturated rings. The number of fused-ring (bicyclic) bond motifs is 4. The van der Waals surface area contributed by atoms with Crippen molar-refractivity contribution in [3.05, 3.63) is 70.5 Å². The van der Waals surface area contributed by atoms with Crippen molar-refractivity contribution in [1.82, 2.24) is 15.3 Å². The summed E-state index contributed by atoms with van der Waals surface area (Å²) in [6.07, 6.45) is 4.76. The average Bonchev–Trinajstić information content (AvgIpc) is 3.25. The standard InChI is InChI=1S/C21H18ClN3O/c22-16-8-3-6-13-14-7-4-10-18(20(14)25-19(13)16)24-21(26)15-11-23-17-9-2-1-5-12(15)17/h1-3,5-6,8-9,11,18,23,25H,4,7,10H2,(H,24,26). The van der Waals surface area contributed by atoms with Crippen LogP contribution in [-0.2, 0) is 6.42 Å². The van der Waals surface area contributed by atoms with Gasteiger partial charge in [-0.1, -0.05) is 41.9 Å². The van der Waals surface area contributed by atoms with Crippen LogP contribution in [0.4, 0.5) is 0 Å². The van der Waals surface area contributed by atoms with Gasteiger partial charge in [0, 0.05) is 28.2 Å². The van der Waals surface area contributed by atoms with Gasteiger partial charge in [-0.2, -0.15) is 0 Å². The Hall–Kier alpha value is -2.72. The Morgan fingerprint density at radius 1 is 1.12 bits per heavy atom. The summed E-state index contributed by atoms with van der Waals surface area (Å²) < 4.78 is 0. The number of carbonyl (C=O) groups is 1. The second kappa shape index (κ2) is 5.92. The predicted octanol–water partition coefficient (Wildman–Crippen LogP) is 5.11. The molecule has 1 atom stereocenters. The third-order valence-corrected chi connectivity index (χ3v) is 5.65. The zero-order valence-electron chi connectivity index (χ0n) is 14.1. The number of aryl methyl sites for hydroxylation is 1. The summed E-state index contributed by atoms with van der Waals surface area (Å²) in [5.74, 6) is -0.0509. The lowest BCUT2D eigenvalue weighted by Crippen LogP contribution is -2.30. The van der Waals surface area contributed by atoms with Crippen molar-refractivity contribution >= 4 is 39.3 Å². The number of hydrogen-bond donors (Lipinski definition) is 3. The summed E-state index contributed by atoms with van der Waals surface area (Å²) in [4.78, 5) is 19.5. The summed E-state index contributed by atoms with van der Waals surface area (Å²) in [5.41, 5.74) is 4.99. The first-order valence-corrected chi connectivity index (χ1v) is 9.26. The van der Waals surface area contributed by atoms with Gasteiger partial charge in [0.25, 0.3) is 5.91 Å². The fraction of sp³-hybridized carbons (Fsp3) is 0.190. The highest BCUT2D eigenvalue weighted by atomic mass is 35.5. The highest BCUT2D eigenvalue weighted by Gasteiger charge is 2.27. The molecule has 1 aliphatic carbocycles. The minimum Gasteiger partial charge on any atom is -0.360 e. The minimum atomic E-state index is -0.0509. The van der Waals surface area contributed by atoms with Crippen LogP contribution in [0.2, 0.25) is 5.02 Å². The number of hydrogen-bond acceptors (Lipinski definition) is 1. The number of rotatable bonds is 2. The highest BCUT2D eigenvalue weighted by molar-refractivity contribution is 6.35. The van der Waals surface area contributed by atoms with Crippen molar-refractivity contribution in [3.8, 4) is 0 Å². The Labute approximate surface area is 155 Å². The highest BCUT2D eigenvalue weighted by Crippen LogP contribution is 2.37.